The second-order valence-corrected chi connectivity index (χ2v) is 6.49. The maximum absolute atomic E-state index is 3.71. The van der Waals surface area contributed by atoms with Gasteiger partial charge in [0.1, 0.15) is 0 Å². The number of hydrogen-bond donors (Lipinski definition) is 1. The van der Waals surface area contributed by atoms with E-state index in [0.717, 1.165) is 5.92 Å². The summed E-state index contributed by atoms with van der Waals surface area (Å²) in [5.74, 6) is 0.981. The number of halogens is 1. The van der Waals surface area contributed by atoms with E-state index in [1.54, 1.807) is 0 Å². The predicted molar refractivity (Wildman–Crippen MR) is 83.2 cm³/mol. The lowest BCUT2D eigenvalue weighted by atomic mass is 9.83. The predicted octanol–water partition coefficient (Wildman–Crippen LogP) is 5.53. The van der Waals surface area contributed by atoms with E-state index in [1.807, 2.05) is 0 Å². The maximum Gasteiger partial charge on any atom is 0.0489 e. The molecule has 1 fully saturated rings. The van der Waals surface area contributed by atoms with Crippen LogP contribution in [0.25, 0.3) is 0 Å². The van der Waals surface area contributed by atoms with Crippen LogP contribution in [0.2, 0.25) is 0 Å². The van der Waals surface area contributed by atoms with Gasteiger partial charge in [0.05, 0.1) is 0 Å². The first-order chi connectivity index (χ1) is 8.69. The molecule has 0 unspecified atom stereocenters. The zero-order chi connectivity index (χ0) is 13.0. The molecule has 0 saturated heterocycles. The van der Waals surface area contributed by atoms with E-state index < -0.39 is 0 Å². The van der Waals surface area contributed by atoms with Crippen LogP contribution >= 0.6 is 15.9 Å². The summed E-state index contributed by atoms with van der Waals surface area (Å²) >= 11 is 3.63. The van der Waals surface area contributed by atoms with Crippen molar-refractivity contribution < 1.29 is 0 Å². The molecule has 1 aromatic carbocycles. The van der Waals surface area contributed by atoms with Crippen LogP contribution in [0, 0.1) is 12.8 Å². The Labute approximate surface area is 119 Å². The van der Waals surface area contributed by atoms with Crippen LogP contribution in [0.15, 0.2) is 22.7 Å². The van der Waals surface area contributed by atoms with Crippen LogP contribution in [0.4, 0.5) is 5.69 Å². The van der Waals surface area contributed by atoms with Crippen molar-refractivity contribution in [1.29, 1.82) is 0 Å². The molecule has 2 heteroatoms. The Hall–Kier alpha value is -0.500. The first-order valence-corrected chi connectivity index (χ1v) is 8.01. The second-order valence-electron chi connectivity index (χ2n) is 5.63. The van der Waals surface area contributed by atoms with Gasteiger partial charge in [-0.25, -0.2) is 0 Å². The van der Waals surface area contributed by atoms with Crippen LogP contribution in [-0.2, 0) is 0 Å². The zero-order valence-electron chi connectivity index (χ0n) is 11.5. The van der Waals surface area contributed by atoms with E-state index >= 15 is 0 Å². The standard InChI is InChI=1S/C16H24BrN/c1-3-4-13-6-8-14(9-7-13)18-16-11-12(2)5-10-15(16)17/h5,10-11,13-14,18H,3-4,6-9H2,1-2H3. The Kier molecular flexibility index (Phi) is 5.11. The van der Waals surface area contributed by atoms with Gasteiger partial charge in [0, 0.05) is 16.2 Å². The highest BCUT2D eigenvalue weighted by Crippen LogP contribution is 2.31. The fourth-order valence-corrected chi connectivity index (χ4v) is 3.33. The molecule has 1 aliphatic carbocycles. The summed E-state index contributed by atoms with van der Waals surface area (Å²) in [5.41, 5.74) is 2.58. The molecule has 100 valence electrons. The molecule has 18 heavy (non-hydrogen) atoms. The largest absolute Gasteiger partial charge is 0.381 e. The van der Waals surface area contributed by atoms with Crippen molar-refractivity contribution in [3.63, 3.8) is 0 Å². The highest BCUT2D eigenvalue weighted by molar-refractivity contribution is 9.10. The minimum absolute atomic E-state index is 0.663. The molecule has 0 amide bonds. The molecular formula is C16H24BrN. The van der Waals surface area contributed by atoms with Crippen molar-refractivity contribution in [1.82, 2.24) is 0 Å². The normalized spacial score (nSPS) is 23.9. The molecule has 0 heterocycles. The average Bonchev–Trinajstić information content (AvgIpc) is 2.37. The summed E-state index contributed by atoms with van der Waals surface area (Å²) in [6, 6.07) is 7.19. The fraction of sp³-hybridized carbons (Fsp3) is 0.625. The molecule has 0 aromatic heterocycles. The van der Waals surface area contributed by atoms with Gasteiger partial charge < -0.3 is 5.32 Å². The molecule has 2 rings (SSSR count). The minimum Gasteiger partial charge on any atom is -0.381 e. The first-order valence-electron chi connectivity index (χ1n) is 7.21. The summed E-state index contributed by atoms with van der Waals surface area (Å²) in [6.45, 7) is 4.45. The van der Waals surface area contributed by atoms with Crippen LogP contribution in [0.3, 0.4) is 0 Å². The summed E-state index contributed by atoms with van der Waals surface area (Å²) in [7, 11) is 0. The molecule has 1 saturated carbocycles. The third kappa shape index (κ3) is 3.74. The van der Waals surface area contributed by atoms with Crippen molar-refractivity contribution in [3.05, 3.63) is 28.2 Å². The smallest absolute Gasteiger partial charge is 0.0489 e. The third-order valence-corrected chi connectivity index (χ3v) is 4.72. The zero-order valence-corrected chi connectivity index (χ0v) is 13.1. The van der Waals surface area contributed by atoms with Gasteiger partial charge in [-0.1, -0.05) is 25.8 Å². The average molecular weight is 310 g/mol. The quantitative estimate of drug-likeness (QED) is 0.771. The Bertz CT molecular complexity index is 381. The van der Waals surface area contributed by atoms with Crippen LogP contribution in [0.1, 0.15) is 51.0 Å². The lowest BCUT2D eigenvalue weighted by molar-refractivity contribution is 0.319. The van der Waals surface area contributed by atoms with E-state index in [2.05, 4.69) is 53.3 Å². The van der Waals surface area contributed by atoms with Crippen molar-refractivity contribution in [3.8, 4) is 0 Å². The highest BCUT2D eigenvalue weighted by Gasteiger charge is 2.20. The molecule has 0 radical (unpaired) electrons. The first kappa shape index (κ1) is 13.9. The van der Waals surface area contributed by atoms with E-state index in [0.29, 0.717) is 6.04 Å². The molecule has 1 N–H and O–H groups in total. The molecule has 0 atom stereocenters. The number of nitrogens with one attached hydrogen (secondary N) is 1. The number of hydrogen-bond acceptors (Lipinski definition) is 1. The number of rotatable bonds is 4. The van der Waals surface area contributed by atoms with Gasteiger partial charge in [0.15, 0.2) is 0 Å². The number of benzene rings is 1. The molecule has 1 aromatic rings. The van der Waals surface area contributed by atoms with Crippen LogP contribution in [0.5, 0.6) is 0 Å². The van der Waals surface area contributed by atoms with Crippen molar-refractivity contribution in [2.45, 2.75) is 58.4 Å². The molecule has 1 nitrogen and oxygen atoms in total. The summed E-state index contributed by atoms with van der Waals surface area (Å²) in [6.07, 6.45) is 8.20. The van der Waals surface area contributed by atoms with E-state index in [4.69, 9.17) is 0 Å². The van der Waals surface area contributed by atoms with Crippen molar-refractivity contribution >= 4 is 21.6 Å². The molecule has 0 spiro atoms. The number of aryl methyl sites for hydroxylation is 1. The van der Waals surface area contributed by atoms with Gasteiger partial charge in [-0.3, -0.25) is 0 Å². The molecular weight excluding hydrogens is 286 g/mol. The van der Waals surface area contributed by atoms with Gasteiger partial charge in [-0.15, -0.1) is 0 Å². The summed E-state index contributed by atoms with van der Waals surface area (Å²) in [4.78, 5) is 0. The minimum atomic E-state index is 0.663. The SMILES string of the molecule is CCCC1CCC(Nc2cc(C)ccc2Br)CC1. The van der Waals surface area contributed by atoms with Gasteiger partial charge in [0.2, 0.25) is 0 Å². The Morgan fingerprint density at radius 3 is 2.61 bits per heavy atom. The lowest BCUT2D eigenvalue weighted by Crippen LogP contribution is -2.26. The number of anilines is 1. The topological polar surface area (TPSA) is 12.0 Å². The van der Waals surface area contributed by atoms with Gasteiger partial charge in [-0.05, 0) is 72.2 Å². The van der Waals surface area contributed by atoms with E-state index in [1.165, 1.54) is 54.2 Å². The third-order valence-electron chi connectivity index (χ3n) is 4.03. The maximum atomic E-state index is 3.71. The van der Waals surface area contributed by atoms with E-state index in [-0.39, 0.29) is 0 Å². The second kappa shape index (κ2) is 6.60. The Morgan fingerprint density at radius 2 is 1.94 bits per heavy atom. The Balaban J connectivity index is 1.89. The highest BCUT2D eigenvalue weighted by atomic mass is 79.9. The fourth-order valence-electron chi connectivity index (χ4n) is 2.97. The Morgan fingerprint density at radius 1 is 1.22 bits per heavy atom. The van der Waals surface area contributed by atoms with Crippen LogP contribution < -0.4 is 5.32 Å². The van der Waals surface area contributed by atoms with Crippen molar-refractivity contribution in [2.75, 3.05) is 5.32 Å². The van der Waals surface area contributed by atoms with Crippen molar-refractivity contribution in [2.24, 2.45) is 5.92 Å². The van der Waals surface area contributed by atoms with Crippen LogP contribution in [-0.4, -0.2) is 6.04 Å². The molecule has 0 bridgehead atoms. The lowest BCUT2D eigenvalue weighted by Gasteiger charge is -2.30. The van der Waals surface area contributed by atoms with Gasteiger partial charge in [0.25, 0.3) is 0 Å². The monoisotopic (exact) mass is 309 g/mol. The van der Waals surface area contributed by atoms with E-state index in [9.17, 15) is 0 Å². The molecule has 0 aliphatic heterocycles. The summed E-state index contributed by atoms with van der Waals surface area (Å²) in [5, 5.41) is 3.71. The summed E-state index contributed by atoms with van der Waals surface area (Å²) < 4.78 is 1.18. The molecule has 1 aliphatic rings. The van der Waals surface area contributed by atoms with Gasteiger partial charge in [-0.2, -0.15) is 0 Å². The van der Waals surface area contributed by atoms with Gasteiger partial charge >= 0.3 is 0 Å².